The molecule has 1 aliphatic heterocycles. The van der Waals surface area contributed by atoms with Gasteiger partial charge in [0.2, 0.25) is 10.0 Å². The molecule has 0 aromatic carbocycles. The van der Waals surface area contributed by atoms with Crippen LogP contribution in [-0.4, -0.2) is 31.7 Å². The van der Waals surface area contributed by atoms with Crippen LogP contribution in [0.15, 0.2) is 17.2 Å². The van der Waals surface area contributed by atoms with Crippen LogP contribution in [0.5, 0.6) is 0 Å². The van der Waals surface area contributed by atoms with E-state index in [4.69, 9.17) is 14.4 Å². The molecule has 2 heterocycles. The standard InChI is InChI=1S/C12H19BN2O4S/c1-8-6-9(20(14,16)17)7-15-10(8)13-18-11(2,3)12(4,5)19-13/h6-7H,1-5H3,(H2,14,16,17). The van der Waals surface area contributed by atoms with Crippen LogP contribution in [0, 0.1) is 6.92 Å². The first-order valence-corrected chi connectivity index (χ1v) is 7.84. The van der Waals surface area contributed by atoms with Crippen molar-refractivity contribution in [2.45, 2.75) is 50.7 Å². The Morgan fingerprint density at radius 3 is 2.10 bits per heavy atom. The van der Waals surface area contributed by atoms with Gasteiger partial charge in [-0.1, -0.05) is 0 Å². The number of hydrogen-bond donors (Lipinski definition) is 1. The van der Waals surface area contributed by atoms with Crippen molar-refractivity contribution in [2.75, 3.05) is 0 Å². The molecule has 0 saturated carbocycles. The summed E-state index contributed by atoms with van der Waals surface area (Å²) < 4.78 is 34.4. The maximum Gasteiger partial charge on any atom is 0.514 e. The first kappa shape index (κ1) is 15.4. The van der Waals surface area contributed by atoms with Gasteiger partial charge in [-0.05, 0) is 46.2 Å². The monoisotopic (exact) mass is 298 g/mol. The highest BCUT2D eigenvalue weighted by Crippen LogP contribution is 2.36. The summed E-state index contributed by atoms with van der Waals surface area (Å²) in [6.07, 6.45) is 1.22. The molecule has 0 unspecified atom stereocenters. The van der Waals surface area contributed by atoms with Crippen LogP contribution < -0.4 is 10.7 Å². The minimum Gasteiger partial charge on any atom is -0.398 e. The lowest BCUT2D eigenvalue weighted by molar-refractivity contribution is 0.00578. The van der Waals surface area contributed by atoms with Gasteiger partial charge in [-0.25, -0.2) is 13.6 Å². The van der Waals surface area contributed by atoms with E-state index in [-0.39, 0.29) is 4.90 Å². The fourth-order valence-corrected chi connectivity index (χ4v) is 2.46. The Balaban J connectivity index is 2.37. The zero-order valence-corrected chi connectivity index (χ0v) is 13.1. The molecule has 2 N–H and O–H groups in total. The van der Waals surface area contributed by atoms with E-state index < -0.39 is 28.3 Å². The highest BCUT2D eigenvalue weighted by molar-refractivity contribution is 7.89. The van der Waals surface area contributed by atoms with Gasteiger partial charge in [0.25, 0.3) is 0 Å². The van der Waals surface area contributed by atoms with E-state index >= 15 is 0 Å². The second kappa shape index (κ2) is 4.52. The van der Waals surface area contributed by atoms with E-state index in [1.165, 1.54) is 12.3 Å². The van der Waals surface area contributed by atoms with Gasteiger partial charge >= 0.3 is 7.12 Å². The molecule has 0 aliphatic carbocycles. The number of pyridine rings is 1. The summed E-state index contributed by atoms with van der Waals surface area (Å²) in [7, 11) is -4.37. The van der Waals surface area contributed by atoms with E-state index in [1.54, 1.807) is 6.92 Å². The SMILES string of the molecule is Cc1cc(S(N)(=O)=O)cnc1B1OC(C)(C)C(C)(C)O1. The van der Waals surface area contributed by atoms with E-state index in [0.717, 1.165) is 0 Å². The normalized spacial score (nSPS) is 21.2. The van der Waals surface area contributed by atoms with Gasteiger partial charge in [0.15, 0.2) is 0 Å². The average molecular weight is 298 g/mol. The van der Waals surface area contributed by atoms with Gasteiger partial charge in [-0.3, -0.25) is 4.98 Å². The molecule has 0 spiro atoms. The van der Waals surface area contributed by atoms with Gasteiger partial charge in [-0.15, -0.1) is 0 Å². The zero-order chi connectivity index (χ0) is 15.3. The molecule has 1 aromatic heterocycles. The molecule has 0 radical (unpaired) electrons. The quantitative estimate of drug-likeness (QED) is 0.795. The Kier molecular flexibility index (Phi) is 3.49. The molecule has 20 heavy (non-hydrogen) atoms. The van der Waals surface area contributed by atoms with Crippen LogP contribution in [0.1, 0.15) is 33.3 Å². The lowest BCUT2D eigenvalue weighted by atomic mass is 9.81. The number of nitrogens with two attached hydrogens (primary N) is 1. The molecule has 2 rings (SSSR count). The number of nitrogens with zero attached hydrogens (tertiary/aromatic N) is 1. The molecule has 6 nitrogen and oxygen atoms in total. The Bertz CT molecular complexity index is 627. The summed E-state index contributed by atoms with van der Waals surface area (Å²) in [5, 5.41) is 5.09. The number of aromatic nitrogens is 1. The summed E-state index contributed by atoms with van der Waals surface area (Å²) in [5.74, 6) is 0. The third-order valence-corrected chi connectivity index (χ3v) is 4.78. The number of aryl methyl sites for hydroxylation is 1. The number of rotatable bonds is 2. The lowest BCUT2D eigenvalue weighted by Gasteiger charge is -2.32. The van der Waals surface area contributed by atoms with E-state index in [1.807, 2.05) is 27.7 Å². The average Bonchev–Trinajstić information content (AvgIpc) is 2.46. The number of hydrogen-bond acceptors (Lipinski definition) is 5. The summed E-state index contributed by atoms with van der Waals surface area (Å²) in [5.41, 5.74) is 0.292. The first-order chi connectivity index (χ1) is 8.94. The molecule has 8 heteroatoms. The van der Waals surface area contributed by atoms with Crippen LogP contribution in [0.2, 0.25) is 0 Å². The fraction of sp³-hybridized carbons (Fsp3) is 0.583. The second-order valence-electron chi connectivity index (χ2n) is 6.01. The van der Waals surface area contributed by atoms with Crippen molar-refractivity contribution in [3.05, 3.63) is 17.8 Å². The number of primary sulfonamides is 1. The minimum absolute atomic E-state index is 0.0183. The predicted octanol–water partition coefficient (Wildman–Crippen LogP) is 0.337. The summed E-state index contributed by atoms with van der Waals surface area (Å²) in [6.45, 7) is 9.53. The van der Waals surface area contributed by atoms with Crippen molar-refractivity contribution < 1.29 is 17.7 Å². The predicted molar refractivity (Wildman–Crippen MR) is 76.1 cm³/mol. The summed E-state index contributed by atoms with van der Waals surface area (Å²) >= 11 is 0. The minimum atomic E-state index is -3.76. The third kappa shape index (κ3) is 2.60. The van der Waals surface area contributed by atoms with Gasteiger partial charge in [0.05, 0.1) is 16.8 Å². The first-order valence-electron chi connectivity index (χ1n) is 6.29. The van der Waals surface area contributed by atoms with E-state index in [9.17, 15) is 8.42 Å². The molecule has 1 saturated heterocycles. The van der Waals surface area contributed by atoms with Crippen molar-refractivity contribution in [3.63, 3.8) is 0 Å². The Morgan fingerprint density at radius 2 is 1.70 bits per heavy atom. The van der Waals surface area contributed by atoms with E-state index in [0.29, 0.717) is 11.2 Å². The molecule has 1 aliphatic rings. The van der Waals surface area contributed by atoms with Crippen LogP contribution >= 0.6 is 0 Å². The molecule has 0 bridgehead atoms. The van der Waals surface area contributed by atoms with Crippen molar-refractivity contribution >= 4 is 22.7 Å². The van der Waals surface area contributed by atoms with Crippen molar-refractivity contribution in [1.82, 2.24) is 4.98 Å². The molecule has 0 amide bonds. The summed E-state index contributed by atoms with van der Waals surface area (Å²) in [6, 6.07) is 1.47. The van der Waals surface area contributed by atoms with Crippen LogP contribution in [-0.2, 0) is 19.3 Å². The van der Waals surface area contributed by atoms with Gasteiger partial charge in [0, 0.05) is 6.20 Å². The topological polar surface area (TPSA) is 91.5 Å². The fourth-order valence-electron chi connectivity index (χ4n) is 1.92. The van der Waals surface area contributed by atoms with E-state index in [2.05, 4.69) is 4.98 Å². The second-order valence-corrected chi connectivity index (χ2v) is 7.57. The Morgan fingerprint density at radius 1 is 1.20 bits per heavy atom. The van der Waals surface area contributed by atoms with Gasteiger partial charge < -0.3 is 9.31 Å². The van der Waals surface area contributed by atoms with Gasteiger partial charge in [0.1, 0.15) is 4.90 Å². The molecule has 1 fully saturated rings. The van der Waals surface area contributed by atoms with Crippen molar-refractivity contribution in [2.24, 2.45) is 5.14 Å². The smallest absolute Gasteiger partial charge is 0.398 e. The van der Waals surface area contributed by atoms with Crippen molar-refractivity contribution in [3.8, 4) is 0 Å². The van der Waals surface area contributed by atoms with Gasteiger partial charge in [-0.2, -0.15) is 0 Å². The Hall–Kier alpha value is -0.955. The zero-order valence-electron chi connectivity index (χ0n) is 12.3. The Labute approximate surface area is 119 Å². The lowest BCUT2D eigenvalue weighted by Crippen LogP contribution is -2.41. The molecular weight excluding hydrogens is 279 g/mol. The van der Waals surface area contributed by atoms with Crippen LogP contribution in [0.4, 0.5) is 0 Å². The highest BCUT2D eigenvalue weighted by atomic mass is 32.2. The van der Waals surface area contributed by atoms with Crippen LogP contribution in [0.3, 0.4) is 0 Å². The maximum absolute atomic E-state index is 11.3. The largest absolute Gasteiger partial charge is 0.514 e. The summed E-state index contributed by atoms with van der Waals surface area (Å²) in [4.78, 5) is 4.13. The van der Waals surface area contributed by atoms with Crippen LogP contribution in [0.25, 0.3) is 0 Å². The molecule has 0 atom stereocenters. The maximum atomic E-state index is 11.3. The molecular formula is C12H19BN2O4S. The third-order valence-electron chi connectivity index (χ3n) is 3.90. The highest BCUT2D eigenvalue weighted by Gasteiger charge is 2.52. The molecule has 1 aromatic rings. The number of sulfonamides is 1. The van der Waals surface area contributed by atoms with Crippen molar-refractivity contribution in [1.29, 1.82) is 0 Å². The molecule has 110 valence electrons.